The first-order chi connectivity index (χ1) is 17.1. The van der Waals surface area contributed by atoms with Gasteiger partial charge in [-0.25, -0.2) is 13.1 Å². The first-order valence-electron chi connectivity index (χ1n) is 12.4. The molecule has 2 aliphatic carbocycles. The summed E-state index contributed by atoms with van der Waals surface area (Å²) in [6.45, 7) is 1.96. The monoisotopic (exact) mass is 515 g/mol. The molecule has 194 valence electrons. The molecule has 0 aliphatic heterocycles. The number of aliphatic hydroxyl groups is 1. The van der Waals surface area contributed by atoms with Gasteiger partial charge in [-0.1, -0.05) is 37.3 Å². The fourth-order valence-corrected chi connectivity index (χ4v) is 6.33. The van der Waals surface area contributed by atoms with Gasteiger partial charge in [0.1, 0.15) is 0 Å². The predicted octanol–water partition coefficient (Wildman–Crippen LogP) is 3.49. The first-order valence-corrected chi connectivity index (χ1v) is 13.9. The van der Waals surface area contributed by atoms with Gasteiger partial charge in [0.2, 0.25) is 15.9 Å². The number of carbonyl (C=O) groups excluding carboxylic acids is 1. The lowest BCUT2D eigenvalue weighted by Crippen LogP contribution is -2.44. The van der Waals surface area contributed by atoms with Crippen molar-refractivity contribution < 1.29 is 23.2 Å². The minimum atomic E-state index is -3.98. The van der Waals surface area contributed by atoms with Crippen LogP contribution in [0.25, 0.3) is 0 Å². The van der Waals surface area contributed by atoms with E-state index < -0.39 is 26.5 Å². The van der Waals surface area contributed by atoms with Gasteiger partial charge in [0, 0.05) is 24.7 Å². The molecule has 0 heterocycles. The van der Waals surface area contributed by atoms with Crippen molar-refractivity contribution in [3.63, 3.8) is 0 Å². The van der Waals surface area contributed by atoms with Gasteiger partial charge in [-0.2, -0.15) is 0 Å². The molecular weight excluding hydrogens is 482 g/mol. The fourth-order valence-electron chi connectivity index (χ4n) is 5.26. The number of hydrogen-bond donors (Lipinski definition) is 3. The molecule has 2 saturated carbocycles. The summed E-state index contributed by atoms with van der Waals surface area (Å²) in [6.07, 6.45) is 3.68. The van der Waals surface area contributed by atoms with Gasteiger partial charge in [0.05, 0.1) is 21.3 Å². The molecule has 2 aliphatic rings. The number of nitrogens with one attached hydrogen (secondary N) is 2. The highest BCUT2D eigenvalue weighted by Gasteiger charge is 2.61. The maximum atomic E-state index is 13.5. The SMILES string of the molecule is CC1CCC(NC(=O)C2(C[C@H](O)CNS(=O)(=O)c3ccc([N+](=O)[O-])cc3)C[C@H]2c2ccccc2)CC1. The molecule has 2 aromatic rings. The predicted molar refractivity (Wildman–Crippen MR) is 135 cm³/mol. The Morgan fingerprint density at radius 1 is 1.11 bits per heavy atom. The molecule has 0 aromatic heterocycles. The Kier molecular flexibility index (Phi) is 7.77. The minimum absolute atomic E-state index is 0.0397. The highest BCUT2D eigenvalue weighted by molar-refractivity contribution is 7.89. The second kappa shape index (κ2) is 10.7. The lowest BCUT2D eigenvalue weighted by molar-refractivity contribution is -0.384. The molecule has 9 nitrogen and oxygen atoms in total. The van der Waals surface area contributed by atoms with Crippen LogP contribution in [-0.4, -0.2) is 43.0 Å². The van der Waals surface area contributed by atoms with E-state index in [-0.39, 0.29) is 41.4 Å². The average Bonchev–Trinajstić information content (AvgIpc) is 3.60. The lowest BCUT2D eigenvalue weighted by Gasteiger charge is -2.29. The second-order valence-electron chi connectivity index (χ2n) is 10.2. The Morgan fingerprint density at radius 3 is 2.36 bits per heavy atom. The van der Waals surface area contributed by atoms with E-state index in [4.69, 9.17) is 0 Å². The third kappa shape index (κ3) is 5.93. The van der Waals surface area contributed by atoms with Crippen LogP contribution in [0.4, 0.5) is 5.69 Å². The summed E-state index contributed by atoms with van der Waals surface area (Å²) in [5.41, 5.74) is 0.0291. The first kappa shape index (κ1) is 26.2. The molecule has 0 radical (unpaired) electrons. The van der Waals surface area contributed by atoms with Crippen LogP contribution in [0, 0.1) is 21.4 Å². The minimum Gasteiger partial charge on any atom is -0.392 e. The van der Waals surface area contributed by atoms with Gasteiger partial charge in [0.15, 0.2) is 0 Å². The molecule has 0 bridgehead atoms. The van der Waals surface area contributed by atoms with Gasteiger partial charge < -0.3 is 10.4 Å². The van der Waals surface area contributed by atoms with Crippen LogP contribution in [0.5, 0.6) is 0 Å². The third-order valence-corrected chi connectivity index (χ3v) is 8.99. The Bertz CT molecular complexity index is 1180. The van der Waals surface area contributed by atoms with Gasteiger partial charge in [-0.3, -0.25) is 14.9 Å². The molecule has 3 atom stereocenters. The molecule has 2 fully saturated rings. The topological polar surface area (TPSA) is 139 Å². The number of amides is 1. The van der Waals surface area contributed by atoms with Crippen molar-refractivity contribution in [3.05, 3.63) is 70.3 Å². The van der Waals surface area contributed by atoms with Crippen molar-refractivity contribution >= 4 is 21.6 Å². The Morgan fingerprint density at radius 2 is 1.75 bits per heavy atom. The number of carbonyl (C=O) groups is 1. The van der Waals surface area contributed by atoms with Crippen molar-refractivity contribution in [3.8, 4) is 0 Å². The quantitative estimate of drug-likeness (QED) is 0.327. The summed E-state index contributed by atoms with van der Waals surface area (Å²) in [4.78, 5) is 23.6. The summed E-state index contributed by atoms with van der Waals surface area (Å²) in [5.74, 6) is 0.547. The highest BCUT2D eigenvalue weighted by Crippen LogP contribution is 2.62. The van der Waals surface area contributed by atoms with Crippen molar-refractivity contribution in [2.75, 3.05) is 6.54 Å². The van der Waals surface area contributed by atoms with Crippen LogP contribution >= 0.6 is 0 Å². The van der Waals surface area contributed by atoms with Crippen LogP contribution in [0.1, 0.15) is 56.9 Å². The van der Waals surface area contributed by atoms with Crippen molar-refractivity contribution in [1.82, 2.24) is 10.0 Å². The molecule has 1 unspecified atom stereocenters. The zero-order valence-electron chi connectivity index (χ0n) is 20.3. The van der Waals surface area contributed by atoms with E-state index >= 15 is 0 Å². The zero-order chi connectivity index (χ0) is 25.9. The number of benzene rings is 2. The Hall–Kier alpha value is -2.82. The van der Waals surface area contributed by atoms with Crippen LogP contribution in [-0.2, 0) is 14.8 Å². The van der Waals surface area contributed by atoms with Crippen LogP contribution in [0.15, 0.2) is 59.5 Å². The standard InChI is InChI=1S/C26H33N3O6S/c1-18-7-9-20(10-8-18)28-25(31)26(16-24(26)19-5-3-2-4-6-19)15-22(30)17-27-36(34,35)23-13-11-21(12-14-23)29(32)33/h2-6,11-14,18,20,22,24,27,30H,7-10,15-17H2,1H3,(H,28,31)/t18?,20?,22-,24-,26?/m0/s1. The number of rotatable bonds is 10. The molecule has 2 aromatic carbocycles. The van der Waals surface area contributed by atoms with E-state index in [0.29, 0.717) is 12.3 Å². The molecule has 10 heteroatoms. The van der Waals surface area contributed by atoms with Gasteiger partial charge in [0.25, 0.3) is 5.69 Å². The Balaban J connectivity index is 1.42. The third-order valence-electron chi connectivity index (χ3n) is 7.55. The smallest absolute Gasteiger partial charge is 0.269 e. The van der Waals surface area contributed by atoms with E-state index in [9.17, 15) is 28.4 Å². The maximum absolute atomic E-state index is 13.5. The van der Waals surface area contributed by atoms with E-state index in [0.717, 1.165) is 55.5 Å². The number of non-ortho nitro benzene ring substituents is 1. The molecular formula is C26H33N3O6S. The number of aliphatic hydroxyl groups excluding tert-OH is 1. The Labute approximate surface area is 211 Å². The summed E-state index contributed by atoms with van der Waals surface area (Å²) in [5, 5.41) is 24.8. The number of sulfonamides is 1. The average molecular weight is 516 g/mol. The van der Waals surface area contributed by atoms with Gasteiger partial charge in [-0.05, 0) is 68.1 Å². The van der Waals surface area contributed by atoms with E-state index in [1.54, 1.807) is 0 Å². The number of nitrogens with zero attached hydrogens (tertiary/aromatic N) is 1. The second-order valence-corrected chi connectivity index (χ2v) is 12.0. The molecule has 3 N–H and O–H groups in total. The van der Waals surface area contributed by atoms with E-state index in [1.807, 2.05) is 30.3 Å². The lowest BCUT2D eigenvalue weighted by atomic mass is 9.86. The van der Waals surface area contributed by atoms with Crippen LogP contribution < -0.4 is 10.0 Å². The molecule has 1 amide bonds. The highest BCUT2D eigenvalue weighted by atomic mass is 32.2. The number of nitro benzene ring substituents is 1. The summed E-state index contributed by atoms with van der Waals surface area (Å²) in [7, 11) is -3.98. The van der Waals surface area contributed by atoms with Crippen LogP contribution in [0.2, 0.25) is 0 Å². The summed E-state index contributed by atoms with van der Waals surface area (Å²) in [6, 6.07) is 14.4. The van der Waals surface area contributed by atoms with Crippen molar-refractivity contribution in [2.24, 2.45) is 11.3 Å². The molecule has 36 heavy (non-hydrogen) atoms. The van der Waals surface area contributed by atoms with Crippen LogP contribution in [0.3, 0.4) is 0 Å². The number of nitro groups is 1. The van der Waals surface area contributed by atoms with Crippen molar-refractivity contribution in [1.29, 1.82) is 0 Å². The normalized spacial score (nSPS) is 26.7. The molecule has 0 saturated heterocycles. The van der Waals surface area contributed by atoms with Gasteiger partial charge >= 0.3 is 0 Å². The molecule has 4 rings (SSSR count). The molecule has 0 spiro atoms. The summed E-state index contributed by atoms with van der Waals surface area (Å²) >= 11 is 0. The van der Waals surface area contributed by atoms with Crippen molar-refractivity contribution in [2.45, 2.75) is 68.4 Å². The van der Waals surface area contributed by atoms with E-state index in [2.05, 4.69) is 17.0 Å². The largest absolute Gasteiger partial charge is 0.392 e. The fraction of sp³-hybridized carbons (Fsp3) is 0.500. The zero-order valence-corrected chi connectivity index (χ0v) is 21.1. The summed E-state index contributed by atoms with van der Waals surface area (Å²) < 4.78 is 27.6. The maximum Gasteiger partial charge on any atom is 0.269 e. The number of hydrogen-bond acceptors (Lipinski definition) is 6. The van der Waals surface area contributed by atoms with Gasteiger partial charge in [-0.15, -0.1) is 0 Å². The van der Waals surface area contributed by atoms with E-state index in [1.165, 1.54) is 0 Å².